The van der Waals surface area contributed by atoms with Crippen LogP contribution in [0.2, 0.25) is 0 Å². The van der Waals surface area contributed by atoms with Crippen LogP contribution in [-0.4, -0.2) is 0 Å². The molecule has 0 radical (unpaired) electrons. The molecule has 0 heteroatoms. The van der Waals surface area contributed by atoms with Crippen LogP contribution in [0.4, 0.5) is 0 Å². The van der Waals surface area contributed by atoms with Gasteiger partial charge in [0, 0.05) is 0 Å². The van der Waals surface area contributed by atoms with E-state index in [2.05, 4.69) is 58.5 Å². The first-order valence-corrected chi connectivity index (χ1v) is 4.92. The van der Waals surface area contributed by atoms with Crippen LogP contribution in [0.25, 0.3) is 5.57 Å². The van der Waals surface area contributed by atoms with Gasteiger partial charge in [-0.15, -0.1) is 0 Å². The quantitative estimate of drug-likeness (QED) is 0.605. The normalized spacial score (nSPS) is 9.71. The summed E-state index contributed by atoms with van der Waals surface area (Å²) in [6.07, 6.45) is 2.13. The van der Waals surface area contributed by atoms with Gasteiger partial charge in [0.1, 0.15) is 0 Å². The van der Waals surface area contributed by atoms with E-state index in [0.29, 0.717) is 0 Å². The Kier molecular flexibility index (Phi) is 3.29. The fourth-order valence-corrected chi connectivity index (χ4v) is 1.74. The summed E-state index contributed by atoms with van der Waals surface area (Å²) < 4.78 is 0. The Bertz CT molecular complexity index is 357. The van der Waals surface area contributed by atoms with E-state index < -0.39 is 0 Å². The van der Waals surface area contributed by atoms with Gasteiger partial charge in [0.05, 0.1) is 0 Å². The number of allylic oxidation sites excluding steroid dienone is 3. The summed E-state index contributed by atoms with van der Waals surface area (Å²) in [6.45, 7) is 12.6. The van der Waals surface area contributed by atoms with Gasteiger partial charge in [0.15, 0.2) is 0 Å². The van der Waals surface area contributed by atoms with Crippen LogP contribution in [0.15, 0.2) is 36.4 Å². The molecule has 0 fully saturated rings. The van der Waals surface area contributed by atoms with Crippen LogP contribution in [0, 0.1) is 13.8 Å². The highest BCUT2D eigenvalue weighted by Crippen LogP contribution is 2.23. The van der Waals surface area contributed by atoms with Gasteiger partial charge in [-0.1, -0.05) is 36.4 Å². The van der Waals surface area contributed by atoms with Gasteiger partial charge in [-0.3, -0.25) is 0 Å². The summed E-state index contributed by atoms with van der Waals surface area (Å²) in [6, 6.07) is 6.35. The molecule has 1 rings (SSSR count). The van der Waals surface area contributed by atoms with E-state index in [1.54, 1.807) is 0 Å². The van der Waals surface area contributed by atoms with Gasteiger partial charge in [0.25, 0.3) is 0 Å². The van der Waals surface area contributed by atoms with Crippen molar-refractivity contribution < 1.29 is 0 Å². The summed E-state index contributed by atoms with van der Waals surface area (Å²) in [5.74, 6) is 0. The Balaban J connectivity index is 3.19. The predicted molar refractivity (Wildman–Crippen MR) is 64.4 cm³/mol. The largest absolute Gasteiger partial charge is 0.0911 e. The van der Waals surface area contributed by atoms with Crippen molar-refractivity contribution in [3.05, 3.63) is 53.1 Å². The van der Waals surface area contributed by atoms with Gasteiger partial charge in [-0.2, -0.15) is 0 Å². The molecule has 0 nitrogen and oxygen atoms in total. The molecule has 0 aliphatic rings. The average Bonchev–Trinajstić information content (AvgIpc) is 2.01. The third-order valence-electron chi connectivity index (χ3n) is 2.27. The summed E-state index contributed by atoms with van der Waals surface area (Å²) in [5.41, 5.74) is 6.28. The molecule has 0 aliphatic carbocycles. The van der Waals surface area contributed by atoms with Crippen molar-refractivity contribution in [2.45, 2.75) is 27.7 Å². The number of rotatable bonds is 2. The van der Waals surface area contributed by atoms with Crippen LogP contribution in [-0.2, 0) is 0 Å². The Morgan fingerprint density at radius 1 is 1.14 bits per heavy atom. The third kappa shape index (κ3) is 2.35. The van der Waals surface area contributed by atoms with Gasteiger partial charge in [0.2, 0.25) is 0 Å². The number of aryl methyl sites for hydroxylation is 2. The first-order chi connectivity index (χ1) is 6.52. The molecule has 0 N–H and O–H groups in total. The van der Waals surface area contributed by atoms with Gasteiger partial charge >= 0.3 is 0 Å². The molecule has 0 aliphatic heterocycles. The second-order valence-electron chi connectivity index (χ2n) is 4.01. The maximum atomic E-state index is 4.11. The predicted octanol–water partition coefficient (Wildman–Crippen LogP) is 4.28. The van der Waals surface area contributed by atoms with E-state index in [4.69, 9.17) is 0 Å². The summed E-state index contributed by atoms with van der Waals surface area (Å²) in [7, 11) is 0. The van der Waals surface area contributed by atoms with E-state index in [0.717, 1.165) is 5.57 Å². The van der Waals surface area contributed by atoms with Crippen molar-refractivity contribution in [3.63, 3.8) is 0 Å². The van der Waals surface area contributed by atoms with Crippen molar-refractivity contribution in [1.29, 1.82) is 0 Å². The SMILES string of the molecule is C=C(C=C(C)C)c1c(C)cccc1C. The van der Waals surface area contributed by atoms with Crippen LogP contribution >= 0.6 is 0 Å². The van der Waals surface area contributed by atoms with Crippen molar-refractivity contribution in [1.82, 2.24) is 0 Å². The highest BCUT2D eigenvalue weighted by Gasteiger charge is 2.03. The van der Waals surface area contributed by atoms with Gasteiger partial charge < -0.3 is 0 Å². The highest BCUT2D eigenvalue weighted by atomic mass is 14.1. The Morgan fingerprint density at radius 3 is 2.07 bits per heavy atom. The van der Waals surface area contributed by atoms with Crippen LogP contribution in [0.3, 0.4) is 0 Å². The number of hydrogen-bond donors (Lipinski definition) is 0. The molecule has 14 heavy (non-hydrogen) atoms. The topological polar surface area (TPSA) is 0 Å². The summed E-state index contributed by atoms with van der Waals surface area (Å²) in [5, 5.41) is 0. The maximum Gasteiger partial charge on any atom is -0.0131 e. The molecular weight excluding hydrogens is 168 g/mol. The lowest BCUT2D eigenvalue weighted by Crippen LogP contribution is -1.90. The van der Waals surface area contributed by atoms with Crippen molar-refractivity contribution in [2.75, 3.05) is 0 Å². The zero-order chi connectivity index (χ0) is 10.7. The lowest BCUT2D eigenvalue weighted by Gasteiger charge is -2.09. The third-order valence-corrected chi connectivity index (χ3v) is 2.27. The minimum absolute atomic E-state index is 1.11. The van der Waals surface area contributed by atoms with Crippen LogP contribution in [0.5, 0.6) is 0 Å². The first kappa shape index (κ1) is 10.8. The van der Waals surface area contributed by atoms with Crippen molar-refractivity contribution >= 4 is 5.57 Å². The molecule has 0 aromatic heterocycles. The monoisotopic (exact) mass is 186 g/mol. The molecule has 74 valence electrons. The highest BCUT2D eigenvalue weighted by molar-refractivity contribution is 5.76. The molecule has 1 aromatic carbocycles. The Morgan fingerprint density at radius 2 is 1.64 bits per heavy atom. The molecule has 0 amide bonds. The molecule has 0 unspecified atom stereocenters. The maximum absolute atomic E-state index is 4.11. The minimum Gasteiger partial charge on any atom is -0.0911 e. The molecular formula is C14H18. The van der Waals surface area contributed by atoms with E-state index >= 15 is 0 Å². The smallest absolute Gasteiger partial charge is 0.0131 e. The van der Waals surface area contributed by atoms with Crippen molar-refractivity contribution in [2.24, 2.45) is 0 Å². The van der Waals surface area contributed by atoms with E-state index in [-0.39, 0.29) is 0 Å². The van der Waals surface area contributed by atoms with E-state index in [9.17, 15) is 0 Å². The molecule has 1 aromatic rings. The van der Waals surface area contributed by atoms with E-state index in [1.807, 2.05) is 0 Å². The number of benzene rings is 1. The summed E-state index contributed by atoms with van der Waals surface area (Å²) >= 11 is 0. The lowest BCUT2D eigenvalue weighted by atomic mass is 9.96. The standard InChI is InChI=1S/C14H18/c1-10(2)9-13(5)14-11(3)7-6-8-12(14)4/h6-9H,5H2,1-4H3. The first-order valence-electron chi connectivity index (χ1n) is 4.92. The minimum atomic E-state index is 1.11. The second kappa shape index (κ2) is 4.28. The molecule has 0 spiro atoms. The fourth-order valence-electron chi connectivity index (χ4n) is 1.74. The van der Waals surface area contributed by atoms with Gasteiger partial charge in [-0.05, 0) is 50.0 Å². The zero-order valence-corrected chi connectivity index (χ0v) is 9.52. The van der Waals surface area contributed by atoms with Crippen LogP contribution in [0.1, 0.15) is 30.5 Å². The molecule has 0 heterocycles. The molecule has 0 atom stereocenters. The average molecular weight is 186 g/mol. The Labute approximate surface area is 87.0 Å². The molecule has 0 saturated carbocycles. The second-order valence-corrected chi connectivity index (χ2v) is 4.01. The van der Waals surface area contributed by atoms with Crippen LogP contribution < -0.4 is 0 Å². The van der Waals surface area contributed by atoms with E-state index in [1.165, 1.54) is 22.3 Å². The molecule has 0 bridgehead atoms. The molecule has 0 saturated heterocycles. The van der Waals surface area contributed by atoms with Crippen molar-refractivity contribution in [3.8, 4) is 0 Å². The fraction of sp³-hybridized carbons (Fsp3) is 0.286. The number of hydrogen-bond acceptors (Lipinski definition) is 0. The Hall–Kier alpha value is -1.30. The van der Waals surface area contributed by atoms with Gasteiger partial charge in [-0.25, -0.2) is 0 Å². The summed E-state index contributed by atoms with van der Waals surface area (Å²) in [4.78, 5) is 0. The lowest BCUT2D eigenvalue weighted by molar-refractivity contribution is 1.33. The zero-order valence-electron chi connectivity index (χ0n) is 9.52.